The van der Waals surface area contributed by atoms with Crippen LogP contribution in [0, 0.1) is 0 Å². The zero-order valence-corrected chi connectivity index (χ0v) is 18.1. The van der Waals surface area contributed by atoms with E-state index in [2.05, 4.69) is 50.8 Å². The summed E-state index contributed by atoms with van der Waals surface area (Å²) in [6.07, 6.45) is 6.99. The van der Waals surface area contributed by atoms with Gasteiger partial charge in [-0.15, -0.1) is 22.0 Å². The lowest BCUT2D eigenvalue weighted by Crippen LogP contribution is -2.24. The molecular weight excluding hydrogens is 392 g/mol. The molecule has 0 atom stereocenters. The molecule has 148 valence electrons. The van der Waals surface area contributed by atoms with Crippen LogP contribution in [-0.4, -0.2) is 51.7 Å². The Morgan fingerprint density at radius 3 is 2.96 bits per heavy atom. The van der Waals surface area contributed by atoms with Crippen molar-refractivity contribution in [3.8, 4) is 0 Å². The van der Waals surface area contributed by atoms with Gasteiger partial charge in [-0.1, -0.05) is 19.6 Å². The van der Waals surface area contributed by atoms with E-state index in [1.165, 1.54) is 6.39 Å². The highest BCUT2D eigenvalue weighted by Crippen LogP contribution is 2.33. The number of rotatable bonds is 7. The van der Waals surface area contributed by atoms with Crippen molar-refractivity contribution in [3.05, 3.63) is 37.1 Å². The van der Waals surface area contributed by atoms with Crippen molar-refractivity contribution in [1.82, 2.24) is 24.7 Å². The zero-order valence-electron chi connectivity index (χ0n) is 16.3. The lowest BCUT2D eigenvalue weighted by molar-refractivity contribution is 0.0899. The van der Waals surface area contributed by atoms with Gasteiger partial charge in [0.15, 0.2) is 0 Å². The Morgan fingerprint density at radius 2 is 2.18 bits per heavy atom. The van der Waals surface area contributed by atoms with E-state index in [9.17, 15) is 0 Å². The van der Waals surface area contributed by atoms with Gasteiger partial charge in [-0.25, -0.2) is 9.97 Å². The van der Waals surface area contributed by atoms with Gasteiger partial charge in [0.2, 0.25) is 6.39 Å². The van der Waals surface area contributed by atoms with Crippen LogP contribution in [0.15, 0.2) is 35.6 Å². The van der Waals surface area contributed by atoms with Crippen LogP contribution in [0.4, 0.5) is 5.82 Å². The fourth-order valence-corrected chi connectivity index (χ4v) is 4.61. The number of fused-ring (bicyclic) bond motifs is 1. The summed E-state index contributed by atoms with van der Waals surface area (Å²) in [5, 5.41) is 8.78. The fraction of sp³-hybridized carbons (Fsp3) is 0.444. The molecule has 28 heavy (non-hydrogen) atoms. The van der Waals surface area contributed by atoms with E-state index in [0.717, 1.165) is 46.7 Å². The molecule has 0 amide bonds. The molecule has 3 aromatic heterocycles. The molecule has 4 heterocycles. The molecule has 0 spiro atoms. The van der Waals surface area contributed by atoms with Crippen LogP contribution in [0.3, 0.4) is 0 Å². The Labute approximate surface area is 169 Å². The third-order valence-corrected chi connectivity index (χ3v) is 7.15. The number of hydrogen-bond donors (Lipinski definition) is 0. The average Bonchev–Trinajstić information content (AvgIpc) is 3.35. The third kappa shape index (κ3) is 4.29. The second-order valence-electron chi connectivity index (χ2n) is 7.85. The summed E-state index contributed by atoms with van der Waals surface area (Å²) >= 11 is 1.70. The summed E-state index contributed by atoms with van der Waals surface area (Å²) in [6, 6.07) is 3.20. The Balaban J connectivity index is 1.54. The van der Waals surface area contributed by atoms with Gasteiger partial charge in [0.25, 0.3) is 5.89 Å². The van der Waals surface area contributed by atoms with Crippen LogP contribution >= 0.6 is 11.8 Å². The van der Waals surface area contributed by atoms with Crippen molar-refractivity contribution in [2.75, 3.05) is 23.8 Å². The summed E-state index contributed by atoms with van der Waals surface area (Å²) in [5.41, 5.74) is 0.879. The normalized spacial score (nSPS) is 15.2. The van der Waals surface area contributed by atoms with Gasteiger partial charge >= 0.3 is 0 Å². The monoisotopic (exact) mass is 416 g/mol. The fourth-order valence-electron chi connectivity index (χ4n) is 2.93. The molecule has 0 N–H and O–H groups in total. The van der Waals surface area contributed by atoms with E-state index in [4.69, 9.17) is 9.15 Å². The Hall–Kier alpha value is -2.17. The number of aromatic nitrogens is 5. The Kier molecular flexibility index (Phi) is 5.51. The quantitative estimate of drug-likeness (QED) is 0.426. The highest BCUT2D eigenvalue weighted by Gasteiger charge is 2.20. The van der Waals surface area contributed by atoms with Crippen molar-refractivity contribution in [3.63, 3.8) is 0 Å². The predicted molar refractivity (Wildman–Crippen MR) is 114 cm³/mol. The second kappa shape index (κ2) is 8.06. The van der Waals surface area contributed by atoms with Crippen molar-refractivity contribution in [2.24, 2.45) is 0 Å². The SMILES string of the molecule is C[Si](C)(C)CCOCn1ccc2c(N3C=C(c4nnco4)SCC3)ncnc21. The summed E-state index contributed by atoms with van der Waals surface area (Å²) in [7, 11) is -1.09. The molecule has 3 aromatic rings. The second-order valence-corrected chi connectivity index (χ2v) is 14.6. The number of ether oxygens (including phenoxy) is 1. The highest BCUT2D eigenvalue weighted by molar-refractivity contribution is 8.08. The first-order chi connectivity index (χ1) is 13.5. The molecule has 4 rings (SSSR count). The maximum absolute atomic E-state index is 5.89. The van der Waals surface area contributed by atoms with Crippen molar-refractivity contribution >= 4 is 41.6 Å². The van der Waals surface area contributed by atoms with E-state index in [1.807, 2.05) is 17.0 Å². The van der Waals surface area contributed by atoms with Crippen LogP contribution in [0.25, 0.3) is 15.9 Å². The first-order valence-electron chi connectivity index (χ1n) is 9.27. The first-order valence-corrected chi connectivity index (χ1v) is 14.0. The van der Waals surface area contributed by atoms with E-state index < -0.39 is 8.07 Å². The van der Waals surface area contributed by atoms with Gasteiger partial charge in [0, 0.05) is 39.4 Å². The minimum atomic E-state index is -1.09. The topological polar surface area (TPSA) is 82.1 Å². The van der Waals surface area contributed by atoms with Gasteiger partial charge < -0.3 is 18.6 Å². The largest absolute Gasteiger partial charge is 0.423 e. The molecular formula is C18H24N6O2SSi. The van der Waals surface area contributed by atoms with Gasteiger partial charge in [-0.05, 0) is 12.1 Å². The number of hydrogen-bond acceptors (Lipinski definition) is 8. The van der Waals surface area contributed by atoms with Crippen molar-refractivity contribution in [2.45, 2.75) is 32.4 Å². The molecule has 10 heteroatoms. The Morgan fingerprint density at radius 1 is 1.29 bits per heavy atom. The summed E-state index contributed by atoms with van der Waals surface area (Å²) < 4.78 is 13.3. The summed E-state index contributed by atoms with van der Waals surface area (Å²) in [6.45, 7) is 9.21. The minimum absolute atomic E-state index is 0.503. The molecule has 0 saturated heterocycles. The van der Waals surface area contributed by atoms with Crippen LogP contribution in [0.2, 0.25) is 25.7 Å². The predicted octanol–water partition coefficient (Wildman–Crippen LogP) is 3.68. The van der Waals surface area contributed by atoms with E-state index in [1.54, 1.807) is 18.1 Å². The van der Waals surface area contributed by atoms with Gasteiger partial charge in [-0.2, -0.15) is 0 Å². The lowest BCUT2D eigenvalue weighted by atomic mass is 10.3. The van der Waals surface area contributed by atoms with E-state index in [0.29, 0.717) is 12.6 Å². The number of thioether (sulfide) groups is 1. The zero-order chi connectivity index (χ0) is 19.6. The molecule has 0 fully saturated rings. The number of anilines is 1. The molecule has 1 aliphatic rings. The van der Waals surface area contributed by atoms with Crippen molar-refractivity contribution < 1.29 is 9.15 Å². The van der Waals surface area contributed by atoms with Gasteiger partial charge in [0.1, 0.15) is 24.5 Å². The summed E-state index contributed by atoms with van der Waals surface area (Å²) in [5.74, 6) is 2.33. The minimum Gasteiger partial charge on any atom is -0.423 e. The Bertz CT molecular complexity index is 966. The molecule has 0 unspecified atom stereocenters. The standard InChI is InChI=1S/C18H24N6O2SSi/c1-28(2,3)9-7-25-13-24-5-4-14-16(19-11-20-17(14)24)23-6-8-27-15(10-23)18-22-21-12-26-18/h4-5,10-12H,6-9,13H2,1-3H3. The van der Waals surface area contributed by atoms with Gasteiger partial charge in [-0.3, -0.25) is 0 Å². The smallest absolute Gasteiger partial charge is 0.255 e. The lowest BCUT2D eigenvalue weighted by Gasteiger charge is -2.24. The third-order valence-electron chi connectivity index (χ3n) is 4.47. The van der Waals surface area contributed by atoms with Crippen LogP contribution < -0.4 is 4.90 Å². The van der Waals surface area contributed by atoms with E-state index >= 15 is 0 Å². The maximum atomic E-state index is 5.89. The molecule has 1 aliphatic heterocycles. The van der Waals surface area contributed by atoms with Crippen molar-refractivity contribution in [1.29, 1.82) is 0 Å². The maximum Gasteiger partial charge on any atom is 0.255 e. The molecule has 0 aromatic carbocycles. The highest BCUT2D eigenvalue weighted by atomic mass is 32.2. The van der Waals surface area contributed by atoms with E-state index in [-0.39, 0.29) is 0 Å². The molecule has 8 nitrogen and oxygen atoms in total. The first kappa shape index (κ1) is 19.2. The van der Waals surface area contributed by atoms with Gasteiger partial charge in [0.05, 0.1) is 10.3 Å². The molecule has 0 aliphatic carbocycles. The van der Waals surface area contributed by atoms with Crippen LogP contribution in [0.1, 0.15) is 5.89 Å². The molecule has 0 radical (unpaired) electrons. The van der Waals surface area contributed by atoms with Crippen LogP contribution in [0.5, 0.6) is 0 Å². The van der Waals surface area contributed by atoms with Crippen LogP contribution in [-0.2, 0) is 11.5 Å². The average molecular weight is 417 g/mol. The number of nitrogens with zero attached hydrogens (tertiary/aromatic N) is 6. The molecule has 0 bridgehead atoms. The summed E-state index contributed by atoms with van der Waals surface area (Å²) in [4.78, 5) is 12.1. The molecule has 0 saturated carbocycles.